The smallest absolute Gasteiger partial charge is 0.264 e. The maximum atomic E-state index is 13.0. The summed E-state index contributed by atoms with van der Waals surface area (Å²) in [4.78, 5) is 31.2. The Bertz CT molecular complexity index is 927. The zero-order valence-corrected chi connectivity index (χ0v) is 16.3. The van der Waals surface area contributed by atoms with Crippen molar-refractivity contribution in [1.82, 2.24) is 9.80 Å². The van der Waals surface area contributed by atoms with Crippen molar-refractivity contribution in [2.24, 2.45) is 0 Å². The molecule has 6 nitrogen and oxygen atoms in total. The minimum absolute atomic E-state index is 0.0190. The third kappa shape index (κ3) is 3.66. The van der Waals surface area contributed by atoms with Crippen molar-refractivity contribution in [2.75, 3.05) is 32.8 Å². The van der Waals surface area contributed by atoms with E-state index in [9.17, 15) is 9.59 Å². The summed E-state index contributed by atoms with van der Waals surface area (Å²) < 4.78 is 5.32. The maximum absolute atomic E-state index is 13.0. The highest BCUT2D eigenvalue weighted by atomic mass is 32.1. The van der Waals surface area contributed by atoms with Gasteiger partial charge in [-0.25, -0.2) is 0 Å². The molecular formula is C21H21N3O3S. The molecule has 0 bridgehead atoms. The highest BCUT2D eigenvalue weighted by molar-refractivity contribution is 7.14. The van der Waals surface area contributed by atoms with Crippen LogP contribution in [0.3, 0.4) is 0 Å². The minimum Gasteiger partial charge on any atom is -0.378 e. The fraction of sp³-hybridized carbons (Fsp3) is 0.381. The Hall–Kier alpha value is -2.69. The molecule has 28 heavy (non-hydrogen) atoms. The second kappa shape index (κ2) is 8.13. The van der Waals surface area contributed by atoms with Crippen LogP contribution in [0.1, 0.15) is 49.4 Å². The molecule has 144 valence electrons. The first kappa shape index (κ1) is 18.7. The van der Waals surface area contributed by atoms with E-state index in [-0.39, 0.29) is 17.9 Å². The second-order valence-electron chi connectivity index (χ2n) is 6.96. The van der Waals surface area contributed by atoms with Crippen molar-refractivity contribution in [3.8, 4) is 6.07 Å². The molecule has 2 fully saturated rings. The number of nitrogens with zero attached hydrogens (tertiary/aromatic N) is 3. The van der Waals surface area contributed by atoms with Crippen molar-refractivity contribution in [1.29, 1.82) is 5.26 Å². The Morgan fingerprint density at radius 2 is 1.93 bits per heavy atom. The van der Waals surface area contributed by atoms with Crippen molar-refractivity contribution < 1.29 is 14.3 Å². The number of hydrogen-bond acceptors (Lipinski definition) is 5. The molecule has 1 aromatic heterocycles. The molecule has 1 atom stereocenters. The normalized spacial score (nSPS) is 19.5. The molecular weight excluding hydrogens is 374 g/mol. The van der Waals surface area contributed by atoms with Crippen LogP contribution in [0.5, 0.6) is 0 Å². The van der Waals surface area contributed by atoms with Gasteiger partial charge in [-0.2, -0.15) is 5.26 Å². The van der Waals surface area contributed by atoms with Gasteiger partial charge in [0.25, 0.3) is 11.8 Å². The Balaban J connectivity index is 1.52. The highest BCUT2D eigenvalue weighted by Crippen LogP contribution is 2.37. The Kier molecular flexibility index (Phi) is 5.42. The lowest BCUT2D eigenvalue weighted by Crippen LogP contribution is -2.40. The molecule has 2 aliphatic rings. The molecule has 2 aromatic rings. The van der Waals surface area contributed by atoms with Crippen LogP contribution in [-0.2, 0) is 4.74 Å². The number of nitriles is 1. The van der Waals surface area contributed by atoms with Gasteiger partial charge < -0.3 is 14.5 Å². The topological polar surface area (TPSA) is 73.6 Å². The molecule has 2 amide bonds. The summed E-state index contributed by atoms with van der Waals surface area (Å²) in [6, 6.07) is 12.7. The van der Waals surface area contributed by atoms with Gasteiger partial charge in [-0.15, -0.1) is 11.3 Å². The van der Waals surface area contributed by atoms with Crippen LogP contribution >= 0.6 is 11.3 Å². The minimum atomic E-state index is -0.0611. The van der Waals surface area contributed by atoms with Crippen LogP contribution < -0.4 is 0 Å². The van der Waals surface area contributed by atoms with E-state index in [2.05, 4.69) is 6.07 Å². The third-order valence-corrected chi connectivity index (χ3v) is 6.39. The van der Waals surface area contributed by atoms with Gasteiger partial charge in [-0.1, -0.05) is 6.07 Å². The van der Waals surface area contributed by atoms with Crippen molar-refractivity contribution in [3.05, 3.63) is 57.3 Å². The first-order valence-corrected chi connectivity index (χ1v) is 10.3. The van der Waals surface area contributed by atoms with Gasteiger partial charge in [0.1, 0.15) is 0 Å². The second-order valence-corrected chi connectivity index (χ2v) is 8.07. The van der Waals surface area contributed by atoms with E-state index in [1.807, 2.05) is 21.9 Å². The summed E-state index contributed by atoms with van der Waals surface area (Å²) in [5.41, 5.74) is 1.02. The first-order valence-electron chi connectivity index (χ1n) is 9.45. The van der Waals surface area contributed by atoms with E-state index in [1.165, 1.54) is 11.3 Å². The van der Waals surface area contributed by atoms with Crippen LogP contribution in [0.25, 0.3) is 0 Å². The predicted octanol–water partition coefficient (Wildman–Crippen LogP) is 3.07. The summed E-state index contributed by atoms with van der Waals surface area (Å²) >= 11 is 1.48. The zero-order chi connectivity index (χ0) is 19.5. The number of benzene rings is 1. The van der Waals surface area contributed by atoms with Crippen molar-refractivity contribution in [2.45, 2.75) is 18.9 Å². The number of carbonyl (C=O) groups excluding carboxylic acids is 2. The van der Waals surface area contributed by atoms with Gasteiger partial charge in [-0.3, -0.25) is 9.59 Å². The van der Waals surface area contributed by atoms with Crippen LogP contribution in [-0.4, -0.2) is 54.5 Å². The van der Waals surface area contributed by atoms with Crippen molar-refractivity contribution in [3.63, 3.8) is 0 Å². The molecule has 4 rings (SSSR count). The molecule has 0 radical (unpaired) electrons. The first-order chi connectivity index (χ1) is 13.7. The number of hydrogen-bond donors (Lipinski definition) is 0. The zero-order valence-electron chi connectivity index (χ0n) is 15.5. The number of amides is 2. The van der Waals surface area contributed by atoms with E-state index in [0.29, 0.717) is 48.9 Å². The quantitative estimate of drug-likeness (QED) is 0.801. The van der Waals surface area contributed by atoms with E-state index < -0.39 is 0 Å². The number of ether oxygens (including phenoxy) is 1. The summed E-state index contributed by atoms with van der Waals surface area (Å²) in [6.07, 6.45) is 1.81. The lowest BCUT2D eigenvalue weighted by atomic mass is 10.1. The fourth-order valence-corrected chi connectivity index (χ4v) is 4.89. The van der Waals surface area contributed by atoms with Crippen LogP contribution in [0.2, 0.25) is 0 Å². The van der Waals surface area contributed by atoms with E-state index in [4.69, 9.17) is 10.00 Å². The Labute approximate surface area is 167 Å². The standard InChI is InChI=1S/C21H21N3O3S/c22-14-15-3-1-4-16(13-15)20(25)24-8-2-5-17(24)18-6-7-19(28-18)21(26)23-9-11-27-12-10-23/h1,3-4,6-7,13,17H,2,5,8-12H2/t17-/m0/s1. The maximum Gasteiger partial charge on any atom is 0.264 e. The Morgan fingerprint density at radius 3 is 2.71 bits per heavy atom. The SMILES string of the molecule is N#Cc1cccc(C(=O)N2CCC[C@H]2c2ccc(C(=O)N3CCOCC3)s2)c1. The molecule has 0 aliphatic carbocycles. The van der Waals surface area contributed by atoms with Crippen LogP contribution in [0.4, 0.5) is 0 Å². The summed E-state index contributed by atoms with van der Waals surface area (Å²) in [5, 5.41) is 9.08. The van der Waals surface area contributed by atoms with Crippen molar-refractivity contribution >= 4 is 23.2 Å². The molecule has 0 unspecified atom stereocenters. The van der Waals surface area contributed by atoms with E-state index >= 15 is 0 Å². The molecule has 3 heterocycles. The summed E-state index contributed by atoms with van der Waals surface area (Å²) in [7, 11) is 0. The van der Waals surface area contributed by atoms with Crippen LogP contribution in [0.15, 0.2) is 36.4 Å². The van der Waals surface area contributed by atoms with Gasteiger partial charge >= 0.3 is 0 Å². The average molecular weight is 395 g/mol. The lowest BCUT2D eigenvalue weighted by Gasteiger charge is -2.26. The monoisotopic (exact) mass is 395 g/mol. The number of thiophene rings is 1. The summed E-state index contributed by atoms with van der Waals surface area (Å²) in [6.45, 7) is 3.09. The van der Waals surface area contributed by atoms with Gasteiger partial charge in [0.15, 0.2) is 0 Å². The number of carbonyl (C=O) groups is 2. The molecule has 0 saturated carbocycles. The average Bonchev–Trinajstić information content (AvgIpc) is 3.43. The molecule has 2 saturated heterocycles. The molecule has 0 N–H and O–H groups in total. The third-order valence-electron chi connectivity index (χ3n) is 5.22. The fourth-order valence-electron chi connectivity index (χ4n) is 3.76. The van der Waals surface area contributed by atoms with E-state index in [0.717, 1.165) is 17.7 Å². The molecule has 7 heteroatoms. The van der Waals surface area contributed by atoms with Crippen LogP contribution in [0, 0.1) is 11.3 Å². The van der Waals surface area contributed by atoms with Gasteiger partial charge in [0, 0.05) is 30.1 Å². The number of morpholine rings is 1. The molecule has 1 aromatic carbocycles. The van der Waals surface area contributed by atoms with E-state index in [1.54, 1.807) is 24.3 Å². The van der Waals surface area contributed by atoms with Gasteiger partial charge in [-0.05, 0) is 43.2 Å². The van der Waals surface area contributed by atoms with Gasteiger partial charge in [0.2, 0.25) is 0 Å². The number of likely N-dealkylation sites (tertiary alicyclic amines) is 1. The largest absolute Gasteiger partial charge is 0.378 e. The molecule has 2 aliphatic heterocycles. The Morgan fingerprint density at radius 1 is 1.11 bits per heavy atom. The van der Waals surface area contributed by atoms with Gasteiger partial charge in [0.05, 0.1) is 35.8 Å². The summed E-state index contributed by atoms with van der Waals surface area (Å²) in [5.74, 6) is -0.0220. The number of rotatable bonds is 3. The lowest BCUT2D eigenvalue weighted by molar-refractivity contribution is 0.0306. The highest BCUT2D eigenvalue weighted by Gasteiger charge is 2.32. The molecule has 0 spiro atoms. The predicted molar refractivity (Wildman–Crippen MR) is 105 cm³/mol.